The summed E-state index contributed by atoms with van der Waals surface area (Å²) < 4.78 is 10.6. The predicted molar refractivity (Wildman–Crippen MR) is 108 cm³/mol. The molecule has 28 heavy (non-hydrogen) atoms. The highest BCUT2D eigenvalue weighted by atomic mass is 35.5. The Hall–Kier alpha value is -3.12. The van der Waals surface area contributed by atoms with Crippen molar-refractivity contribution in [2.75, 3.05) is 12.4 Å². The Labute approximate surface area is 167 Å². The molecule has 1 atom stereocenters. The first kappa shape index (κ1) is 19.6. The highest BCUT2D eigenvalue weighted by Crippen LogP contribution is 2.28. The Morgan fingerprint density at radius 3 is 2.64 bits per heavy atom. The van der Waals surface area contributed by atoms with Gasteiger partial charge in [0, 0.05) is 16.1 Å². The fraction of sp³-hybridized carbons (Fsp3) is 0.190. The number of aromatic nitrogens is 1. The number of hydrogen-bond acceptors (Lipinski definition) is 5. The highest BCUT2D eigenvalue weighted by molar-refractivity contribution is 6.31. The quantitative estimate of drug-likeness (QED) is 0.645. The van der Waals surface area contributed by atoms with E-state index in [9.17, 15) is 9.59 Å². The molecule has 1 N–H and O–H groups in total. The van der Waals surface area contributed by atoms with Crippen LogP contribution in [-0.4, -0.2) is 30.1 Å². The average Bonchev–Trinajstić information content (AvgIpc) is 2.67. The lowest BCUT2D eigenvalue weighted by Gasteiger charge is -2.16. The van der Waals surface area contributed by atoms with Gasteiger partial charge in [0.25, 0.3) is 5.91 Å². The summed E-state index contributed by atoms with van der Waals surface area (Å²) >= 11 is 5.97. The smallest absolute Gasteiger partial charge is 0.339 e. The summed E-state index contributed by atoms with van der Waals surface area (Å²) in [6.45, 7) is 3.30. The third-order valence-corrected chi connectivity index (χ3v) is 4.37. The van der Waals surface area contributed by atoms with Gasteiger partial charge in [0.1, 0.15) is 5.75 Å². The monoisotopic (exact) mass is 398 g/mol. The number of fused-ring (bicyclic) bond motifs is 1. The van der Waals surface area contributed by atoms with Gasteiger partial charge in [-0.15, -0.1) is 0 Å². The standard InChI is InChI=1S/C21H19ClN2O4/c1-12-10-16(15-6-4-5-7-17(15)23-12)21(26)28-13(2)20(25)24-18-11-14(22)8-9-19(18)27-3/h4-11,13H,1-3H3,(H,24,25)/t13-/m0/s1. The van der Waals surface area contributed by atoms with Gasteiger partial charge in [-0.1, -0.05) is 29.8 Å². The fourth-order valence-electron chi connectivity index (χ4n) is 2.77. The fourth-order valence-corrected chi connectivity index (χ4v) is 2.94. The Bertz CT molecular complexity index is 1050. The first-order chi connectivity index (χ1) is 13.4. The molecule has 0 spiro atoms. The maximum Gasteiger partial charge on any atom is 0.339 e. The number of benzene rings is 2. The zero-order valence-electron chi connectivity index (χ0n) is 15.7. The van der Waals surface area contributed by atoms with Gasteiger partial charge in [0.05, 0.1) is 23.9 Å². The van der Waals surface area contributed by atoms with E-state index in [1.165, 1.54) is 14.0 Å². The highest BCUT2D eigenvalue weighted by Gasteiger charge is 2.22. The number of carbonyl (C=O) groups is 2. The van der Waals surface area contributed by atoms with Crippen LogP contribution in [-0.2, 0) is 9.53 Å². The van der Waals surface area contributed by atoms with Crippen LogP contribution in [0.2, 0.25) is 5.02 Å². The molecule has 0 radical (unpaired) electrons. The lowest BCUT2D eigenvalue weighted by atomic mass is 10.1. The molecule has 1 amide bonds. The molecule has 1 aromatic heterocycles. The van der Waals surface area contributed by atoms with Crippen molar-refractivity contribution in [1.82, 2.24) is 4.98 Å². The van der Waals surface area contributed by atoms with Crippen LogP contribution in [0.5, 0.6) is 5.75 Å². The molecule has 3 aromatic rings. The molecule has 0 aliphatic rings. The Morgan fingerprint density at radius 2 is 1.89 bits per heavy atom. The van der Waals surface area contributed by atoms with E-state index in [1.54, 1.807) is 37.3 Å². The number of pyridine rings is 1. The minimum Gasteiger partial charge on any atom is -0.495 e. The van der Waals surface area contributed by atoms with E-state index in [-0.39, 0.29) is 0 Å². The maximum atomic E-state index is 12.7. The van der Waals surface area contributed by atoms with E-state index in [0.29, 0.717) is 38.6 Å². The molecular weight excluding hydrogens is 380 g/mol. The third kappa shape index (κ3) is 4.23. The number of nitrogens with one attached hydrogen (secondary N) is 1. The number of anilines is 1. The van der Waals surface area contributed by atoms with Gasteiger partial charge in [-0.3, -0.25) is 9.78 Å². The molecule has 6 nitrogen and oxygen atoms in total. The molecule has 0 saturated heterocycles. The molecule has 0 fully saturated rings. The Balaban J connectivity index is 1.78. The number of rotatable bonds is 5. The van der Waals surface area contributed by atoms with Crippen molar-refractivity contribution in [2.24, 2.45) is 0 Å². The minimum atomic E-state index is -1.02. The van der Waals surface area contributed by atoms with Crippen LogP contribution in [0.1, 0.15) is 23.0 Å². The van der Waals surface area contributed by atoms with Gasteiger partial charge in [-0.05, 0) is 44.2 Å². The SMILES string of the molecule is COc1ccc(Cl)cc1NC(=O)[C@H](C)OC(=O)c1cc(C)nc2ccccc12. The molecule has 0 aliphatic heterocycles. The van der Waals surface area contributed by atoms with Gasteiger partial charge >= 0.3 is 5.97 Å². The molecule has 0 unspecified atom stereocenters. The second kappa shape index (κ2) is 8.27. The van der Waals surface area contributed by atoms with E-state index >= 15 is 0 Å². The molecule has 0 aliphatic carbocycles. The van der Waals surface area contributed by atoms with E-state index in [1.807, 2.05) is 18.2 Å². The molecule has 2 aromatic carbocycles. The van der Waals surface area contributed by atoms with Crippen molar-refractivity contribution in [3.05, 3.63) is 64.8 Å². The van der Waals surface area contributed by atoms with Crippen molar-refractivity contribution in [3.63, 3.8) is 0 Å². The number of ether oxygens (including phenoxy) is 2. The predicted octanol–water partition coefficient (Wildman–Crippen LogP) is 4.39. The van der Waals surface area contributed by atoms with Crippen LogP contribution >= 0.6 is 11.6 Å². The number of nitrogens with zero attached hydrogens (tertiary/aromatic N) is 1. The van der Waals surface area contributed by atoms with Gasteiger partial charge < -0.3 is 14.8 Å². The van der Waals surface area contributed by atoms with Crippen molar-refractivity contribution in [2.45, 2.75) is 20.0 Å². The van der Waals surface area contributed by atoms with Gasteiger partial charge in [0.15, 0.2) is 6.10 Å². The van der Waals surface area contributed by atoms with Crippen LogP contribution in [0.3, 0.4) is 0 Å². The van der Waals surface area contributed by atoms with Crippen molar-refractivity contribution < 1.29 is 19.1 Å². The average molecular weight is 399 g/mol. The minimum absolute atomic E-state index is 0.364. The number of halogens is 1. The first-order valence-corrected chi connectivity index (χ1v) is 8.98. The van der Waals surface area contributed by atoms with Crippen LogP contribution in [0.25, 0.3) is 10.9 Å². The van der Waals surface area contributed by atoms with E-state index in [0.717, 1.165) is 0 Å². The number of methoxy groups -OCH3 is 1. The molecular formula is C21H19ClN2O4. The number of amides is 1. The second-order valence-electron chi connectivity index (χ2n) is 6.21. The summed E-state index contributed by atoms with van der Waals surface area (Å²) in [6.07, 6.45) is -1.02. The Morgan fingerprint density at radius 1 is 1.14 bits per heavy atom. The third-order valence-electron chi connectivity index (χ3n) is 4.14. The van der Waals surface area contributed by atoms with Crippen molar-refractivity contribution in [3.8, 4) is 5.75 Å². The largest absolute Gasteiger partial charge is 0.495 e. The van der Waals surface area contributed by atoms with Crippen molar-refractivity contribution >= 4 is 40.1 Å². The number of esters is 1. The summed E-state index contributed by atoms with van der Waals surface area (Å²) in [7, 11) is 1.49. The lowest BCUT2D eigenvalue weighted by molar-refractivity contribution is -0.123. The van der Waals surface area contributed by atoms with E-state index in [4.69, 9.17) is 21.1 Å². The lowest BCUT2D eigenvalue weighted by Crippen LogP contribution is -2.30. The zero-order valence-corrected chi connectivity index (χ0v) is 16.4. The van der Waals surface area contributed by atoms with Gasteiger partial charge in [-0.2, -0.15) is 0 Å². The number of carbonyl (C=O) groups excluding carboxylic acids is 2. The maximum absolute atomic E-state index is 12.7. The van der Waals surface area contributed by atoms with Gasteiger partial charge in [-0.25, -0.2) is 4.79 Å². The normalized spacial score (nSPS) is 11.7. The molecule has 144 valence electrons. The topological polar surface area (TPSA) is 77.5 Å². The first-order valence-electron chi connectivity index (χ1n) is 8.61. The van der Waals surface area contributed by atoms with Crippen LogP contribution < -0.4 is 10.1 Å². The molecule has 1 heterocycles. The van der Waals surface area contributed by atoms with Crippen LogP contribution in [0.4, 0.5) is 5.69 Å². The number of para-hydroxylation sites is 1. The zero-order chi connectivity index (χ0) is 20.3. The molecule has 3 rings (SSSR count). The number of aryl methyl sites for hydroxylation is 1. The van der Waals surface area contributed by atoms with E-state index in [2.05, 4.69) is 10.3 Å². The summed E-state index contributed by atoms with van der Waals surface area (Å²) in [6, 6.07) is 13.8. The molecule has 7 heteroatoms. The van der Waals surface area contributed by atoms with Crippen LogP contribution in [0.15, 0.2) is 48.5 Å². The van der Waals surface area contributed by atoms with Crippen molar-refractivity contribution in [1.29, 1.82) is 0 Å². The summed E-state index contributed by atoms with van der Waals surface area (Å²) in [4.78, 5) is 29.6. The molecule has 0 bridgehead atoms. The second-order valence-corrected chi connectivity index (χ2v) is 6.65. The Kier molecular flexibility index (Phi) is 5.80. The molecule has 0 saturated carbocycles. The summed E-state index contributed by atoms with van der Waals surface area (Å²) in [5.41, 5.74) is 2.14. The number of hydrogen-bond donors (Lipinski definition) is 1. The van der Waals surface area contributed by atoms with Gasteiger partial charge in [0.2, 0.25) is 0 Å². The van der Waals surface area contributed by atoms with Crippen LogP contribution in [0, 0.1) is 6.92 Å². The van der Waals surface area contributed by atoms with E-state index < -0.39 is 18.0 Å². The summed E-state index contributed by atoms with van der Waals surface area (Å²) in [5.74, 6) is -0.640. The summed E-state index contributed by atoms with van der Waals surface area (Å²) in [5, 5.41) is 3.78.